The first-order chi connectivity index (χ1) is 14.4. The van der Waals surface area contributed by atoms with Crippen molar-refractivity contribution in [3.8, 4) is 0 Å². The number of nitrogens with one attached hydrogen (secondary N) is 1. The lowest BCUT2D eigenvalue weighted by Gasteiger charge is -2.23. The molecule has 3 N–H and O–H groups in total. The molecule has 0 aromatic heterocycles. The van der Waals surface area contributed by atoms with Gasteiger partial charge in [-0.2, -0.15) is 0 Å². The number of carbonyl (C=O) groups is 3. The minimum Gasteiger partial charge on any atom is -0.370 e. The lowest BCUT2D eigenvalue weighted by molar-refractivity contribution is -0.122. The van der Waals surface area contributed by atoms with Gasteiger partial charge in [-0.1, -0.05) is 17.7 Å². The lowest BCUT2D eigenvalue weighted by atomic mass is 10.1. The van der Waals surface area contributed by atoms with Gasteiger partial charge in [0.2, 0.25) is 17.7 Å². The van der Waals surface area contributed by atoms with E-state index in [1.807, 2.05) is 6.07 Å². The smallest absolute Gasteiger partial charge is 0.248 e. The highest BCUT2D eigenvalue weighted by Gasteiger charge is 2.35. The van der Waals surface area contributed by atoms with Crippen LogP contribution in [0.5, 0.6) is 0 Å². The van der Waals surface area contributed by atoms with Crippen molar-refractivity contribution in [1.82, 2.24) is 0 Å². The van der Waals surface area contributed by atoms with Crippen molar-refractivity contribution in [2.75, 3.05) is 34.8 Å². The summed E-state index contributed by atoms with van der Waals surface area (Å²) in [7, 11) is 0. The van der Waals surface area contributed by atoms with Crippen LogP contribution in [0.15, 0.2) is 42.5 Å². The Morgan fingerprint density at radius 2 is 1.87 bits per heavy atom. The maximum atomic E-state index is 13.0. The average Bonchev–Trinajstić information content (AvgIpc) is 3.38. The van der Waals surface area contributed by atoms with Crippen LogP contribution in [-0.2, 0) is 9.59 Å². The number of primary amides is 1. The number of hydrogen-bond donors (Lipinski definition) is 2. The summed E-state index contributed by atoms with van der Waals surface area (Å²) in [5.74, 6) is -1.43. The van der Waals surface area contributed by atoms with Crippen molar-refractivity contribution in [1.29, 1.82) is 0 Å². The van der Waals surface area contributed by atoms with Crippen LogP contribution in [0.25, 0.3) is 0 Å². The molecule has 1 atom stereocenters. The Kier molecular flexibility index (Phi) is 5.63. The minimum absolute atomic E-state index is 0.118. The topological polar surface area (TPSA) is 95.7 Å². The predicted molar refractivity (Wildman–Crippen MR) is 117 cm³/mol. The SMILES string of the molecule is NC(=O)c1ccc(N2CCCC2)c(NC(=O)[C@@H]2CC(=O)N(c3cccc(Cl)c3)C2)c1. The summed E-state index contributed by atoms with van der Waals surface area (Å²) in [5.41, 5.74) is 7.84. The van der Waals surface area contributed by atoms with E-state index < -0.39 is 11.8 Å². The van der Waals surface area contributed by atoms with E-state index in [0.29, 0.717) is 22.0 Å². The minimum atomic E-state index is -0.554. The lowest BCUT2D eigenvalue weighted by Crippen LogP contribution is -2.29. The van der Waals surface area contributed by atoms with E-state index >= 15 is 0 Å². The fourth-order valence-corrected chi connectivity index (χ4v) is 4.22. The van der Waals surface area contributed by atoms with E-state index in [0.717, 1.165) is 31.6 Å². The largest absolute Gasteiger partial charge is 0.370 e. The molecule has 0 spiro atoms. The Hall–Kier alpha value is -3.06. The third kappa shape index (κ3) is 4.11. The number of amides is 3. The van der Waals surface area contributed by atoms with E-state index in [1.54, 1.807) is 41.3 Å². The average molecular weight is 427 g/mol. The molecule has 2 fully saturated rings. The molecule has 4 rings (SSSR count). The van der Waals surface area contributed by atoms with E-state index in [9.17, 15) is 14.4 Å². The molecule has 2 aliphatic rings. The highest BCUT2D eigenvalue weighted by atomic mass is 35.5. The van der Waals surface area contributed by atoms with Gasteiger partial charge >= 0.3 is 0 Å². The van der Waals surface area contributed by atoms with Gasteiger partial charge in [0.05, 0.1) is 17.3 Å². The highest BCUT2D eigenvalue weighted by molar-refractivity contribution is 6.31. The fourth-order valence-electron chi connectivity index (χ4n) is 4.03. The number of nitrogens with two attached hydrogens (primary N) is 1. The molecule has 2 aliphatic heterocycles. The molecule has 8 heteroatoms. The molecule has 156 valence electrons. The van der Waals surface area contributed by atoms with Gasteiger partial charge in [-0.3, -0.25) is 14.4 Å². The third-order valence-corrected chi connectivity index (χ3v) is 5.84. The van der Waals surface area contributed by atoms with Crippen molar-refractivity contribution in [3.63, 3.8) is 0 Å². The normalized spacial score (nSPS) is 18.7. The number of benzene rings is 2. The maximum Gasteiger partial charge on any atom is 0.248 e. The predicted octanol–water partition coefficient (Wildman–Crippen LogP) is 3.03. The van der Waals surface area contributed by atoms with Gasteiger partial charge in [-0.05, 0) is 49.2 Å². The number of nitrogens with zero attached hydrogens (tertiary/aromatic N) is 2. The molecule has 7 nitrogen and oxygen atoms in total. The van der Waals surface area contributed by atoms with Crippen LogP contribution in [0.1, 0.15) is 29.6 Å². The molecule has 0 bridgehead atoms. The molecule has 0 radical (unpaired) electrons. The molecule has 0 aliphatic carbocycles. The van der Waals surface area contributed by atoms with Gasteiger partial charge in [0.1, 0.15) is 0 Å². The Morgan fingerprint density at radius 3 is 2.57 bits per heavy atom. The molecule has 0 unspecified atom stereocenters. The second-order valence-corrected chi connectivity index (χ2v) is 8.10. The summed E-state index contributed by atoms with van der Waals surface area (Å²) in [6, 6.07) is 12.1. The van der Waals surface area contributed by atoms with Crippen LogP contribution >= 0.6 is 11.6 Å². The van der Waals surface area contributed by atoms with Crippen LogP contribution in [0, 0.1) is 5.92 Å². The van der Waals surface area contributed by atoms with Crippen molar-refractivity contribution < 1.29 is 14.4 Å². The van der Waals surface area contributed by atoms with Crippen LogP contribution in [0.2, 0.25) is 5.02 Å². The summed E-state index contributed by atoms with van der Waals surface area (Å²) < 4.78 is 0. The van der Waals surface area contributed by atoms with Gasteiger partial charge < -0.3 is 20.9 Å². The molecular formula is C22H23ClN4O3. The molecule has 2 aromatic carbocycles. The van der Waals surface area contributed by atoms with E-state index in [1.165, 1.54) is 0 Å². The molecular weight excluding hydrogens is 404 g/mol. The summed E-state index contributed by atoms with van der Waals surface area (Å²) in [4.78, 5) is 40.9. The molecule has 3 amide bonds. The summed E-state index contributed by atoms with van der Waals surface area (Å²) in [6.07, 6.45) is 2.28. The first kappa shape index (κ1) is 20.2. The number of anilines is 3. The van der Waals surface area contributed by atoms with Crippen molar-refractivity contribution >= 4 is 46.4 Å². The van der Waals surface area contributed by atoms with Gasteiger partial charge in [-0.15, -0.1) is 0 Å². The zero-order valence-corrected chi connectivity index (χ0v) is 17.2. The van der Waals surface area contributed by atoms with Crippen LogP contribution in [0.3, 0.4) is 0 Å². The van der Waals surface area contributed by atoms with Gasteiger partial charge in [-0.25, -0.2) is 0 Å². The zero-order valence-electron chi connectivity index (χ0n) is 16.4. The first-order valence-electron chi connectivity index (χ1n) is 9.98. The number of halogens is 1. The molecule has 30 heavy (non-hydrogen) atoms. The number of carbonyl (C=O) groups excluding carboxylic acids is 3. The van der Waals surface area contributed by atoms with Gasteiger partial charge in [0.15, 0.2) is 0 Å². The molecule has 0 saturated carbocycles. The zero-order chi connectivity index (χ0) is 21.3. The summed E-state index contributed by atoms with van der Waals surface area (Å²) in [5, 5.41) is 3.47. The maximum absolute atomic E-state index is 13.0. The fraction of sp³-hybridized carbons (Fsp3) is 0.318. The van der Waals surface area contributed by atoms with Crippen molar-refractivity contribution in [2.24, 2.45) is 11.7 Å². The van der Waals surface area contributed by atoms with Gasteiger partial charge in [0.25, 0.3) is 0 Å². The van der Waals surface area contributed by atoms with Crippen molar-refractivity contribution in [2.45, 2.75) is 19.3 Å². The Morgan fingerprint density at radius 1 is 1.10 bits per heavy atom. The summed E-state index contributed by atoms with van der Waals surface area (Å²) in [6.45, 7) is 2.06. The monoisotopic (exact) mass is 426 g/mol. The Bertz CT molecular complexity index is 1000. The molecule has 2 saturated heterocycles. The van der Waals surface area contributed by atoms with E-state index in [4.69, 9.17) is 17.3 Å². The third-order valence-electron chi connectivity index (χ3n) is 5.60. The first-order valence-corrected chi connectivity index (χ1v) is 10.4. The number of hydrogen-bond acceptors (Lipinski definition) is 4. The van der Waals surface area contributed by atoms with Crippen LogP contribution in [0.4, 0.5) is 17.1 Å². The van der Waals surface area contributed by atoms with Crippen LogP contribution < -0.4 is 20.9 Å². The highest BCUT2D eigenvalue weighted by Crippen LogP contribution is 2.32. The van der Waals surface area contributed by atoms with Crippen LogP contribution in [-0.4, -0.2) is 37.4 Å². The molecule has 2 aromatic rings. The standard InChI is InChI=1S/C22H23ClN4O3/c23-16-4-3-5-17(12-16)27-13-15(11-20(27)28)22(30)25-18-10-14(21(24)29)6-7-19(18)26-8-1-2-9-26/h3-7,10,12,15H,1-2,8-9,11,13H2,(H2,24,29)(H,25,30)/t15-/m1/s1. The number of rotatable bonds is 5. The Balaban J connectivity index is 1.54. The second kappa shape index (κ2) is 8.36. The van der Waals surface area contributed by atoms with Gasteiger partial charge in [0, 0.05) is 42.3 Å². The van der Waals surface area contributed by atoms with E-state index in [-0.39, 0.29) is 24.8 Å². The quantitative estimate of drug-likeness (QED) is 0.768. The second-order valence-electron chi connectivity index (χ2n) is 7.66. The van der Waals surface area contributed by atoms with Crippen molar-refractivity contribution in [3.05, 3.63) is 53.1 Å². The summed E-state index contributed by atoms with van der Waals surface area (Å²) >= 11 is 6.04. The molecule has 2 heterocycles. The van der Waals surface area contributed by atoms with E-state index in [2.05, 4.69) is 10.2 Å². The Labute approximate surface area is 179 Å².